The molecule has 2 heterocycles. The van der Waals surface area contributed by atoms with Crippen LogP contribution < -0.4 is 9.64 Å². The summed E-state index contributed by atoms with van der Waals surface area (Å²) in [4.78, 5) is 51.2. The van der Waals surface area contributed by atoms with Gasteiger partial charge in [-0.05, 0) is 54.8 Å². The average Bonchev–Trinajstić information content (AvgIpc) is 3.49. The smallest absolute Gasteiger partial charge is 0.353 e. The van der Waals surface area contributed by atoms with E-state index in [1.807, 2.05) is 31.2 Å². The molecule has 2 aromatic carbocycles. The van der Waals surface area contributed by atoms with Gasteiger partial charge in [-0.3, -0.25) is 14.4 Å². The molecule has 0 bridgehead atoms. The maximum Gasteiger partial charge on any atom is 0.353 e. The normalized spacial score (nSPS) is 15.4. The minimum absolute atomic E-state index is 0.0468. The van der Waals surface area contributed by atoms with Gasteiger partial charge >= 0.3 is 11.9 Å². The molecule has 8 heteroatoms. The van der Waals surface area contributed by atoms with Gasteiger partial charge < -0.3 is 14.4 Å². The number of carbonyl (C=O) groups is 4. The molecule has 33 heavy (non-hydrogen) atoms. The summed E-state index contributed by atoms with van der Waals surface area (Å²) in [6, 6.07) is 16.9. The van der Waals surface area contributed by atoms with E-state index in [1.165, 1.54) is 35.6 Å². The number of aryl methyl sites for hydroxylation is 1. The third-order valence-electron chi connectivity index (χ3n) is 5.26. The van der Waals surface area contributed by atoms with Gasteiger partial charge in [-0.1, -0.05) is 23.8 Å². The van der Waals surface area contributed by atoms with Gasteiger partial charge in [0.05, 0.1) is 5.92 Å². The van der Waals surface area contributed by atoms with Crippen LogP contribution in [-0.4, -0.2) is 36.8 Å². The molecule has 1 aliphatic rings. The Kier molecular flexibility index (Phi) is 6.65. The summed E-state index contributed by atoms with van der Waals surface area (Å²) in [6.45, 7) is 1.75. The number of esters is 2. The van der Waals surface area contributed by atoms with E-state index >= 15 is 0 Å². The molecule has 3 aromatic rings. The van der Waals surface area contributed by atoms with E-state index in [4.69, 9.17) is 9.47 Å². The van der Waals surface area contributed by atoms with Crippen LogP contribution in [0.15, 0.2) is 66.0 Å². The number of amides is 1. The molecular weight excluding hydrogens is 442 g/mol. The Morgan fingerprint density at radius 1 is 1.03 bits per heavy atom. The number of anilines is 1. The van der Waals surface area contributed by atoms with Crippen LogP contribution in [0.3, 0.4) is 0 Å². The molecule has 0 N–H and O–H groups in total. The fraction of sp³-hybridized carbons (Fsp3) is 0.200. The van der Waals surface area contributed by atoms with Crippen LogP contribution in [0.5, 0.6) is 5.75 Å². The molecule has 1 aromatic heterocycles. The molecule has 0 spiro atoms. The summed E-state index contributed by atoms with van der Waals surface area (Å²) in [5.74, 6) is -1.90. The first-order valence-electron chi connectivity index (χ1n) is 10.3. The van der Waals surface area contributed by atoms with Crippen LogP contribution in [0.25, 0.3) is 0 Å². The Bertz CT molecular complexity index is 1170. The van der Waals surface area contributed by atoms with Gasteiger partial charge in [-0.25, -0.2) is 4.79 Å². The second-order valence-corrected chi connectivity index (χ2v) is 8.61. The molecule has 168 valence electrons. The first-order valence-corrected chi connectivity index (χ1v) is 11.2. The SMILES string of the molecule is Cc1ccc(N2C[C@H](C(=O)OCC(=O)c3ccc(OC(=O)c4cccs4)cc3)CC2=O)cc1. The summed E-state index contributed by atoms with van der Waals surface area (Å²) >= 11 is 1.28. The number of hydrogen-bond donors (Lipinski definition) is 0. The zero-order chi connectivity index (χ0) is 23.4. The van der Waals surface area contributed by atoms with E-state index in [-0.39, 0.29) is 24.7 Å². The molecule has 1 aliphatic heterocycles. The van der Waals surface area contributed by atoms with Gasteiger partial charge in [0, 0.05) is 24.2 Å². The number of benzene rings is 2. The first kappa shape index (κ1) is 22.4. The first-order chi connectivity index (χ1) is 15.9. The largest absolute Gasteiger partial charge is 0.457 e. The van der Waals surface area contributed by atoms with Crippen molar-refractivity contribution >= 4 is 40.7 Å². The summed E-state index contributed by atoms with van der Waals surface area (Å²) in [7, 11) is 0. The lowest BCUT2D eigenvalue weighted by molar-refractivity contribution is -0.147. The number of Topliss-reactive ketones (excluding diaryl/α,β-unsaturated/α-hetero) is 1. The number of ether oxygens (including phenoxy) is 2. The molecule has 0 unspecified atom stereocenters. The number of rotatable bonds is 7. The molecule has 1 fully saturated rings. The van der Waals surface area contributed by atoms with E-state index in [0.29, 0.717) is 16.2 Å². The molecular formula is C25H21NO6S. The maximum atomic E-state index is 12.4. The Hall–Kier alpha value is -3.78. The van der Waals surface area contributed by atoms with Crippen LogP contribution >= 0.6 is 11.3 Å². The highest BCUT2D eigenvalue weighted by Crippen LogP contribution is 2.26. The maximum absolute atomic E-state index is 12.4. The fourth-order valence-electron chi connectivity index (χ4n) is 3.44. The molecule has 1 amide bonds. The van der Waals surface area contributed by atoms with Crippen LogP contribution in [0, 0.1) is 12.8 Å². The highest BCUT2D eigenvalue weighted by atomic mass is 32.1. The third kappa shape index (κ3) is 5.35. The van der Waals surface area contributed by atoms with Gasteiger partial charge in [-0.15, -0.1) is 11.3 Å². The fourth-order valence-corrected chi connectivity index (χ4v) is 4.04. The van der Waals surface area contributed by atoms with Gasteiger partial charge in [-0.2, -0.15) is 0 Å². The minimum Gasteiger partial charge on any atom is -0.457 e. The molecule has 0 radical (unpaired) electrons. The summed E-state index contributed by atoms with van der Waals surface area (Å²) in [6.07, 6.45) is 0.0468. The Morgan fingerprint density at radius 3 is 2.42 bits per heavy atom. The number of ketones is 1. The molecule has 0 saturated carbocycles. The van der Waals surface area contributed by atoms with Gasteiger partial charge in [0.2, 0.25) is 5.91 Å². The Balaban J connectivity index is 1.28. The van der Waals surface area contributed by atoms with E-state index in [1.54, 1.807) is 22.4 Å². The van der Waals surface area contributed by atoms with Crippen LogP contribution in [-0.2, 0) is 14.3 Å². The van der Waals surface area contributed by atoms with Crippen LogP contribution in [0.1, 0.15) is 32.0 Å². The summed E-state index contributed by atoms with van der Waals surface area (Å²) in [5, 5.41) is 1.78. The Labute approximate surface area is 194 Å². The average molecular weight is 464 g/mol. The van der Waals surface area contributed by atoms with Crippen molar-refractivity contribution in [2.24, 2.45) is 5.92 Å². The lowest BCUT2D eigenvalue weighted by Crippen LogP contribution is -2.27. The van der Waals surface area contributed by atoms with E-state index < -0.39 is 24.5 Å². The van der Waals surface area contributed by atoms with E-state index in [9.17, 15) is 19.2 Å². The predicted molar refractivity (Wildman–Crippen MR) is 123 cm³/mol. The van der Waals surface area contributed by atoms with Gasteiger partial charge in [0.25, 0.3) is 0 Å². The number of hydrogen-bond acceptors (Lipinski definition) is 7. The topological polar surface area (TPSA) is 90.0 Å². The molecule has 4 rings (SSSR count). The monoisotopic (exact) mass is 463 g/mol. The quantitative estimate of drug-likeness (QED) is 0.298. The van der Waals surface area contributed by atoms with E-state index in [0.717, 1.165) is 11.3 Å². The lowest BCUT2D eigenvalue weighted by Gasteiger charge is -2.16. The highest BCUT2D eigenvalue weighted by molar-refractivity contribution is 7.12. The van der Waals surface area contributed by atoms with Gasteiger partial charge in [0.1, 0.15) is 10.6 Å². The van der Waals surface area contributed by atoms with Crippen molar-refractivity contribution in [1.82, 2.24) is 0 Å². The zero-order valence-corrected chi connectivity index (χ0v) is 18.7. The van der Waals surface area contributed by atoms with Crippen molar-refractivity contribution in [2.45, 2.75) is 13.3 Å². The lowest BCUT2D eigenvalue weighted by atomic mass is 10.1. The number of carbonyl (C=O) groups excluding carboxylic acids is 4. The number of nitrogens with zero attached hydrogens (tertiary/aromatic N) is 1. The summed E-state index contributed by atoms with van der Waals surface area (Å²) < 4.78 is 10.4. The summed E-state index contributed by atoms with van der Waals surface area (Å²) in [5.41, 5.74) is 2.13. The third-order valence-corrected chi connectivity index (χ3v) is 6.11. The van der Waals surface area contributed by atoms with Crippen LogP contribution in [0.2, 0.25) is 0 Å². The number of thiophene rings is 1. The van der Waals surface area contributed by atoms with Gasteiger partial charge in [0.15, 0.2) is 12.4 Å². The second-order valence-electron chi connectivity index (χ2n) is 7.66. The standard InChI is InChI=1S/C25H21NO6S/c1-16-4-8-19(9-5-16)26-14-18(13-23(26)28)24(29)31-15-21(27)17-6-10-20(11-7-17)32-25(30)22-3-2-12-33-22/h2-12,18H,13-15H2,1H3/t18-/m1/s1. The second kappa shape index (κ2) is 9.79. The minimum atomic E-state index is -0.620. The van der Waals surface area contributed by atoms with Crippen molar-refractivity contribution < 1.29 is 28.7 Å². The van der Waals surface area contributed by atoms with Crippen molar-refractivity contribution in [3.63, 3.8) is 0 Å². The zero-order valence-electron chi connectivity index (χ0n) is 17.9. The Morgan fingerprint density at radius 2 is 1.76 bits per heavy atom. The van der Waals surface area contributed by atoms with Crippen molar-refractivity contribution in [3.8, 4) is 5.75 Å². The van der Waals surface area contributed by atoms with Crippen molar-refractivity contribution in [3.05, 3.63) is 82.0 Å². The molecule has 1 saturated heterocycles. The van der Waals surface area contributed by atoms with E-state index in [2.05, 4.69) is 0 Å². The van der Waals surface area contributed by atoms with Crippen molar-refractivity contribution in [2.75, 3.05) is 18.1 Å². The highest BCUT2D eigenvalue weighted by Gasteiger charge is 2.36. The predicted octanol–water partition coefficient (Wildman–Crippen LogP) is 4.05. The van der Waals surface area contributed by atoms with Crippen LogP contribution in [0.4, 0.5) is 5.69 Å². The van der Waals surface area contributed by atoms with Crippen molar-refractivity contribution in [1.29, 1.82) is 0 Å². The molecule has 1 atom stereocenters. The molecule has 7 nitrogen and oxygen atoms in total. The molecule has 0 aliphatic carbocycles.